The van der Waals surface area contributed by atoms with Crippen LogP contribution in [0.15, 0.2) is 40.4 Å². The van der Waals surface area contributed by atoms with Gasteiger partial charge in [-0.15, -0.1) is 0 Å². The number of halogens is 2. The molecule has 0 bridgehead atoms. The number of carbonyl (C=O) groups excluding carboxylic acids is 3. The number of ether oxygens (including phenoxy) is 2. The van der Waals surface area contributed by atoms with Gasteiger partial charge in [-0.3, -0.25) is 14.4 Å². The number of alkyl halides is 2. The molecule has 1 saturated heterocycles. The van der Waals surface area contributed by atoms with Crippen LogP contribution < -0.4 is 0 Å². The quantitative estimate of drug-likeness (QED) is 0.543. The van der Waals surface area contributed by atoms with E-state index in [2.05, 4.69) is 0 Å². The molecule has 0 radical (unpaired) electrons. The number of amides is 1. The van der Waals surface area contributed by atoms with Gasteiger partial charge < -0.3 is 23.9 Å². The van der Waals surface area contributed by atoms with Crippen molar-refractivity contribution in [1.82, 2.24) is 4.90 Å². The van der Waals surface area contributed by atoms with Crippen LogP contribution in [0.3, 0.4) is 0 Å². The van der Waals surface area contributed by atoms with E-state index in [-0.39, 0.29) is 24.8 Å². The van der Waals surface area contributed by atoms with E-state index in [4.69, 9.17) is 13.9 Å². The lowest BCUT2D eigenvalue weighted by Crippen LogP contribution is -2.70. The Kier molecular flexibility index (Phi) is 6.14. The Labute approximate surface area is 235 Å². The number of aliphatic hydroxyl groups excluding tert-OH is 1. The summed E-state index contributed by atoms with van der Waals surface area (Å²) < 4.78 is 51.8. The first kappa shape index (κ1) is 27.8. The van der Waals surface area contributed by atoms with E-state index in [0.717, 1.165) is 6.08 Å². The van der Waals surface area contributed by atoms with Crippen molar-refractivity contribution in [2.24, 2.45) is 22.7 Å². The van der Waals surface area contributed by atoms with Crippen LogP contribution in [0, 0.1) is 29.6 Å². The molecule has 2 heterocycles. The van der Waals surface area contributed by atoms with Gasteiger partial charge in [0.25, 0.3) is 5.24 Å². The number of carbonyl (C=O) groups is 3. The van der Waals surface area contributed by atoms with Gasteiger partial charge in [-0.2, -0.15) is 0 Å². The van der Waals surface area contributed by atoms with Gasteiger partial charge in [-0.05, 0) is 68.9 Å². The standard InChI is InChI=1S/C29H33F2NO7S/c1-14-6-7-20(37-14)23-38-22-12-16-17-11-19(30)18-10-15(33)8-9-26(18,2)28(17,31)21(34)13-27(16,3)29(22,39-23)24(35)40-25(36)32(4)5/h6-10,16-17,19,21-23,34H,11-13H2,1-5H3/t16?,17-,19-,21-,22+,23?,26-,27-,28-,29-/m0/s1. The number of thioether (sulfide) groups is 1. The average molecular weight is 578 g/mol. The van der Waals surface area contributed by atoms with Crippen molar-refractivity contribution in [3.63, 3.8) is 0 Å². The zero-order valence-corrected chi connectivity index (χ0v) is 23.8. The van der Waals surface area contributed by atoms with E-state index < -0.39 is 74.7 Å². The summed E-state index contributed by atoms with van der Waals surface area (Å²) in [5.74, 6) is -1.11. The summed E-state index contributed by atoms with van der Waals surface area (Å²) in [6.07, 6.45) is -1.75. The highest BCUT2D eigenvalue weighted by Crippen LogP contribution is 2.73. The third kappa shape index (κ3) is 3.38. The molecule has 1 amide bonds. The fraction of sp³-hybridized carbons (Fsp3) is 0.621. The molecule has 1 aliphatic heterocycles. The van der Waals surface area contributed by atoms with Gasteiger partial charge in [0, 0.05) is 42.6 Å². The van der Waals surface area contributed by atoms with E-state index in [1.54, 1.807) is 26.0 Å². The van der Waals surface area contributed by atoms with Crippen molar-refractivity contribution >= 4 is 27.9 Å². The zero-order chi connectivity index (χ0) is 29.0. The summed E-state index contributed by atoms with van der Waals surface area (Å²) in [7, 11) is 3.05. The maximum atomic E-state index is 17.5. The molecule has 6 rings (SSSR count). The Bertz CT molecular complexity index is 1360. The van der Waals surface area contributed by atoms with Gasteiger partial charge in [0.15, 0.2) is 22.8 Å². The lowest BCUT2D eigenvalue weighted by molar-refractivity contribution is -0.233. The second kappa shape index (κ2) is 8.83. The average Bonchev–Trinajstić information content (AvgIpc) is 3.55. The number of hydrogen-bond donors (Lipinski definition) is 1. The van der Waals surface area contributed by atoms with Crippen molar-refractivity contribution in [2.75, 3.05) is 14.1 Å². The van der Waals surface area contributed by atoms with Crippen molar-refractivity contribution in [1.29, 1.82) is 0 Å². The molecule has 1 aromatic rings. The van der Waals surface area contributed by atoms with Crippen molar-refractivity contribution in [2.45, 2.75) is 76.0 Å². The maximum Gasteiger partial charge on any atom is 0.288 e. The highest BCUT2D eigenvalue weighted by atomic mass is 32.2. The second-order valence-electron chi connectivity index (χ2n) is 12.4. The molecular formula is C29H33F2NO7S. The number of aliphatic hydroxyl groups is 1. The minimum atomic E-state index is -2.31. The zero-order valence-electron chi connectivity index (χ0n) is 23.0. The fourth-order valence-corrected chi connectivity index (χ4v) is 9.16. The van der Waals surface area contributed by atoms with Crippen LogP contribution in [-0.4, -0.2) is 69.9 Å². The molecule has 216 valence electrons. The van der Waals surface area contributed by atoms with Crippen LogP contribution in [-0.2, 0) is 19.1 Å². The molecule has 4 aliphatic carbocycles. The minimum Gasteiger partial charge on any atom is -0.461 e. The van der Waals surface area contributed by atoms with Crippen LogP contribution in [0.5, 0.6) is 0 Å². The Morgan fingerprint density at radius 1 is 1.18 bits per heavy atom. The van der Waals surface area contributed by atoms with Crippen LogP contribution in [0.1, 0.15) is 50.9 Å². The van der Waals surface area contributed by atoms with Gasteiger partial charge in [0.05, 0.1) is 12.2 Å². The molecule has 0 aromatic carbocycles. The molecule has 4 fully saturated rings. The van der Waals surface area contributed by atoms with E-state index in [1.807, 2.05) is 0 Å². The normalized spacial score (nSPS) is 45.3. The molecule has 1 N–H and O–H groups in total. The largest absolute Gasteiger partial charge is 0.461 e. The monoisotopic (exact) mass is 577 g/mol. The van der Waals surface area contributed by atoms with Crippen molar-refractivity contribution in [3.8, 4) is 0 Å². The van der Waals surface area contributed by atoms with Crippen LogP contribution in [0.25, 0.3) is 0 Å². The minimum absolute atomic E-state index is 0.0262. The predicted octanol–water partition coefficient (Wildman–Crippen LogP) is 4.61. The molecule has 10 atom stereocenters. The fourth-order valence-electron chi connectivity index (χ4n) is 8.25. The van der Waals surface area contributed by atoms with Gasteiger partial charge >= 0.3 is 0 Å². The number of rotatable bonds is 2. The molecule has 11 heteroatoms. The van der Waals surface area contributed by atoms with E-state index in [9.17, 15) is 19.5 Å². The van der Waals surface area contributed by atoms with E-state index >= 15 is 8.78 Å². The first-order valence-corrected chi connectivity index (χ1v) is 14.3. The van der Waals surface area contributed by atoms with Gasteiger partial charge in [-0.25, -0.2) is 8.78 Å². The number of aryl methyl sites for hydroxylation is 1. The highest BCUT2D eigenvalue weighted by molar-refractivity contribution is 8.26. The first-order chi connectivity index (χ1) is 18.7. The number of allylic oxidation sites excluding steroid dienone is 4. The van der Waals surface area contributed by atoms with Crippen LogP contribution in [0.4, 0.5) is 13.6 Å². The van der Waals surface area contributed by atoms with Gasteiger partial charge in [0.2, 0.25) is 11.4 Å². The molecule has 1 aromatic heterocycles. The Morgan fingerprint density at radius 3 is 2.55 bits per heavy atom. The summed E-state index contributed by atoms with van der Waals surface area (Å²) in [5.41, 5.74) is -6.78. The van der Waals surface area contributed by atoms with Crippen molar-refractivity contribution < 1.29 is 42.2 Å². The number of ketones is 1. The summed E-state index contributed by atoms with van der Waals surface area (Å²) in [5, 5.41) is 10.5. The number of nitrogens with zero attached hydrogens (tertiary/aromatic N) is 1. The second-order valence-corrected chi connectivity index (χ2v) is 13.3. The maximum absolute atomic E-state index is 17.5. The lowest BCUT2D eigenvalue weighted by atomic mass is 9.44. The lowest BCUT2D eigenvalue weighted by Gasteiger charge is -2.63. The van der Waals surface area contributed by atoms with Crippen LogP contribution >= 0.6 is 11.8 Å². The summed E-state index contributed by atoms with van der Waals surface area (Å²) in [6.45, 7) is 5.03. The first-order valence-electron chi connectivity index (χ1n) is 13.5. The Hall–Kier alpha value is -2.34. The number of furan rings is 1. The molecule has 0 spiro atoms. The summed E-state index contributed by atoms with van der Waals surface area (Å²) in [4.78, 5) is 40.2. The third-order valence-corrected chi connectivity index (χ3v) is 11.2. The molecule has 8 nitrogen and oxygen atoms in total. The molecular weight excluding hydrogens is 544 g/mol. The Balaban J connectivity index is 1.45. The van der Waals surface area contributed by atoms with E-state index in [1.165, 1.54) is 38.1 Å². The van der Waals surface area contributed by atoms with E-state index in [0.29, 0.717) is 23.3 Å². The predicted molar refractivity (Wildman–Crippen MR) is 141 cm³/mol. The van der Waals surface area contributed by atoms with Gasteiger partial charge in [0.1, 0.15) is 11.9 Å². The summed E-state index contributed by atoms with van der Waals surface area (Å²) >= 11 is 0.482. The molecule has 3 saturated carbocycles. The smallest absolute Gasteiger partial charge is 0.288 e. The topological polar surface area (TPSA) is 106 Å². The third-order valence-electron chi connectivity index (χ3n) is 10.2. The van der Waals surface area contributed by atoms with Gasteiger partial charge in [-0.1, -0.05) is 13.0 Å². The van der Waals surface area contributed by atoms with Crippen LogP contribution in [0.2, 0.25) is 0 Å². The number of hydrogen-bond acceptors (Lipinski definition) is 8. The molecule has 2 unspecified atom stereocenters. The highest BCUT2D eigenvalue weighted by Gasteiger charge is 2.80. The molecule has 40 heavy (non-hydrogen) atoms. The van der Waals surface area contributed by atoms with Crippen molar-refractivity contribution in [3.05, 3.63) is 47.5 Å². The summed E-state index contributed by atoms with van der Waals surface area (Å²) in [6, 6.07) is 3.42. The number of fused-ring (bicyclic) bond motifs is 7. The Morgan fingerprint density at radius 2 is 1.90 bits per heavy atom. The SMILES string of the molecule is Cc1ccc(C2O[C@@H]3CC4[C@@H]5C[C@H](F)C6=CC(=O)C=C[C@]6(C)[C@@]5(F)[C@@H](O)C[C@]4(C)[C@]3(C(=O)SC(=O)N(C)C)O2)o1. The molecule has 5 aliphatic rings.